The predicted molar refractivity (Wildman–Crippen MR) is 144 cm³/mol. The summed E-state index contributed by atoms with van der Waals surface area (Å²) < 4.78 is 0. The lowest BCUT2D eigenvalue weighted by molar-refractivity contribution is -0.129. The summed E-state index contributed by atoms with van der Waals surface area (Å²) in [5.41, 5.74) is -0.00627. The fourth-order valence-corrected chi connectivity index (χ4v) is 6.44. The fourth-order valence-electron chi connectivity index (χ4n) is 6.44. The van der Waals surface area contributed by atoms with Crippen LogP contribution in [0, 0.1) is 35.0 Å². The van der Waals surface area contributed by atoms with Gasteiger partial charge in [-0.2, -0.15) is 0 Å². The third kappa shape index (κ3) is 11.0. The van der Waals surface area contributed by atoms with Gasteiger partial charge >= 0.3 is 0 Å². The Hall–Kier alpha value is -0.740. The topological polar surface area (TPSA) is 74.6 Å². The van der Waals surface area contributed by atoms with Crippen molar-refractivity contribution >= 4 is 11.6 Å². The molecule has 35 heavy (non-hydrogen) atoms. The van der Waals surface area contributed by atoms with E-state index in [1.54, 1.807) is 0 Å². The summed E-state index contributed by atoms with van der Waals surface area (Å²) in [5, 5.41) is 18.6. The van der Waals surface area contributed by atoms with E-state index < -0.39 is 0 Å². The van der Waals surface area contributed by atoms with Crippen LogP contribution in [0.25, 0.3) is 0 Å². The van der Waals surface area contributed by atoms with Crippen LogP contribution in [0.5, 0.6) is 0 Å². The predicted octanol–water partition coefficient (Wildman–Crippen LogP) is 7.29. The number of unbranched alkanes of at least 4 members (excludes halogenated alkanes) is 3. The molecule has 0 aliphatic heterocycles. The molecule has 2 saturated carbocycles. The van der Waals surface area contributed by atoms with E-state index in [0.717, 1.165) is 96.3 Å². The van der Waals surface area contributed by atoms with Crippen LogP contribution in [0.1, 0.15) is 136 Å². The van der Waals surface area contributed by atoms with E-state index in [1.165, 1.54) is 19.3 Å². The van der Waals surface area contributed by atoms with Crippen molar-refractivity contribution in [3.05, 3.63) is 0 Å². The van der Waals surface area contributed by atoms with Crippen LogP contribution in [0.4, 0.5) is 0 Å². The van der Waals surface area contributed by atoms with E-state index in [0.29, 0.717) is 17.5 Å². The van der Waals surface area contributed by atoms with E-state index in [1.807, 2.05) is 0 Å². The monoisotopic (exact) mass is 492 g/mol. The van der Waals surface area contributed by atoms with Gasteiger partial charge < -0.3 is 10.2 Å². The molecule has 0 aromatic heterocycles. The quantitative estimate of drug-likeness (QED) is 0.209. The van der Waals surface area contributed by atoms with Crippen molar-refractivity contribution in [1.82, 2.24) is 0 Å². The molecule has 2 rings (SSSR count). The van der Waals surface area contributed by atoms with Gasteiger partial charge in [-0.1, -0.05) is 72.1 Å². The maximum absolute atomic E-state index is 13.1. The molecule has 4 heteroatoms. The van der Waals surface area contributed by atoms with Gasteiger partial charge in [0, 0.05) is 36.9 Å². The Kier molecular flexibility index (Phi) is 14.1. The Morgan fingerprint density at radius 3 is 1.63 bits per heavy atom. The summed E-state index contributed by atoms with van der Waals surface area (Å²) in [6, 6.07) is 0. The smallest absolute Gasteiger partial charge is 0.139 e. The largest absolute Gasteiger partial charge is 0.396 e. The highest BCUT2D eigenvalue weighted by atomic mass is 16.3. The van der Waals surface area contributed by atoms with Crippen LogP contribution in [0.3, 0.4) is 0 Å². The highest BCUT2D eigenvalue weighted by molar-refractivity contribution is 5.84. The van der Waals surface area contributed by atoms with Crippen molar-refractivity contribution in [2.75, 3.05) is 13.2 Å². The zero-order valence-corrected chi connectivity index (χ0v) is 23.2. The average molecular weight is 493 g/mol. The minimum atomic E-state index is -0.00627. The summed E-state index contributed by atoms with van der Waals surface area (Å²) in [4.78, 5) is 26.1. The maximum Gasteiger partial charge on any atom is 0.139 e. The van der Waals surface area contributed by atoms with E-state index >= 15 is 0 Å². The Morgan fingerprint density at radius 1 is 0.714 bits per heavy atom. The molecule has 0 bridgehead atoms. The molecule has 0 heterocycles. The Bertz CT molecular complexity index is 613. The Balaban J connectivity index is 1.65. The van der Waals surface area contributed by atoms with E-state index in [-0.39, 0.29) is 42.3 Å². The second kappa shape index (κ2) is 16.2. The normalized spacial score (nSPS) is 26.8. The Labute approximate surface area is 216 Å². The van der Waals surface area contributed by atoms with Crippen LogP contribution in [0.2, 0.25) is 0 Å². The summed E-state index contributed by atoms with van der Waals surface area (Å²) in [6.45, 7) is 6.81. The standard InChI is InChI=1S/C31H56O4/c1-24(22-32)12-5-4-6-13-25-15-9-17-27(29(25)34)19-11-20-28-18-10-16-26(30(28)35)14-7-8-21-31(2,3)23-33/h24-28,32-33H,4-23H2,1-3H3. The van der Waals surface area contributed by atoms with Crippen molar-refractivity contribution in [2.45, 2.75) is 136 Å². The molecular formula is C31H56O4. The first kappa shape index (κ1) is 30.5. The summed E-state index contributed by atoms with van der Waals surface area (Å²) in [6.07, 6.45) is 19.4. The van der Waals surface area contributed by atoms with Gasteiger partial charge in [-0.3, -0.25) is 9.59 Å². The third-order valence-electron chi connectivity index (χ3n) is 9.07. The number of hydrogen-bond acceptors (Lipinski definition) is 4. The first-order valence-corrected chi connectivity index (χ1v) is 15.1. The molecule has 4 nitrogen and oxygen atoms in total. The average Bonchev–Trinajstić information content (AvgIpc) is 2.85. The van der Waals surface area contributed by atoms with Gasteiger partial charge in [0.2, 0.25) is 0 Å². The van der Waals surface area contributed by atoms with E-state index in [2.05, 4.69) is 20.8 Å². The molecule has 0 saturated heterocycles. The zero-order valence-electron chi connectivity index (χ0n) is 23.2. The molecule has 5 unspecified atom stereocenters. The van der Waals surface area contributed by atoms with Crippen molar-refractivity contribution in [3.63, 3.8) is 0 Å². The molecule has 0 spiro atoms. The minimum absolute atomic E-state index is 0.00627. The lowest BCUT2D eigenvalue weighted by atomic mass is 9.73. The molecular weight excluding hydrogens is 436 g/mol. The zero-order chi connectivity index (χ0) is 25.7. The number of carbonyl (C=O) groups excluding carboxylic acids is 2. The van der Waals surface area contributed by atoms with Gasteiger partial charge in [0.1, 0.15) is 11.6 Å². The number of ketones is 2. The highest BCUT2D eigenvalue weighted by Gasteiger charge is 2.33. The van der Waals surface area contributed by atoms with Crippen LogP contribution >= 0.6 is 0 Å². The SMILES string of the molecule is CC(CO)CCCCCC1CCCC(CCCC2CCCC(CCCCC(C)(C)CO)C2=O)C1=O. The molecule has 2 aliphatic carbocycles. The van der Waals surface area contributed by atoms with Gasteiger partial charge in [0.25, 0.3) is 0 Å². The second-order valence-corrected chi connectivity index (χ2v) is 12.9. The second-order valence-electron chi connectivity index (χ2n) is 12.9. The summed E-state index contributed by atoms with van der Waals surface area (Å²) >= 11 is 0. The molecule has 5 atom stereocenters. The maximum atomic E-state index is 13.1. The van der Waals surface area contributed by atoms with Gasteiger partial charge in [0.05, 0.1) is 0 Å². The number of hydrogen-bond donors (Lipinski definition) is 2. The summed E-state index contributed by atoms with van der Waals surface area (Å²) in [7, 11) is 0. The molecule has 0 amide bonds. The van der Waals surface area contributed by atoms with E-state index in [4.69, 9.17) is 5.11 Å². The number of rotatable bonds is 17. The molecule has 204 valence electrons. The highest BCUT2D eigenvalue weighted by Crippen LogP contribution is 2.36. The molecule has 2 fully saturated rings. The van der Waals surface area contributed by atoms with Crippen molar-refractivity contribution in [3.8, 4) is 0 Å². The first-order valence-electron chi connectivity index (χ1n) is 15.1. The van der Waals surface area contributed by atoms with Gasteiger partial charge in [-0.15, -0.1) is 0 Å². The van der Waals surface area contributed by atoms with Crippen LogP contribution < -0.4 is 0 Å². The molecule has 0 aromatic carbocycles. The molecule has 2 N–H and O–H groups in total. The van der Waals surface area contributed by atoms with Crippen molar-refractivity contribution in [1.29, 1.82) is 0 Å². The van der Waals surface area contributed by atoms with Crippen LogP contribution in [-0.4, -0.2) is 35.0 Å². The van der Waals surface area contributed by atoms with Gasteiger partial charge in [-0.05, 0) is 75.5 Å². The van der Waals surface area contributed by atoms with Crippen LogP contribution in [-0.2, 0) is 9.59 Å². The summed E-state index contributed by atoms with van der Waals surface area (Å²) in [5.74, 6) is 2.37. The van der Waals surface area contributed by atoms with Crippen molar-refractivity contribution in [2.24, 2.45) is 35.0 Å². The number of aliphatic hydroxyl groups excluding tert-OH is 2. The fraction of sp³-hybridized carbons (Fsp3) is 0.935. The molecule has 0 aromatic rings. The third-order valence-corrected chi connectivity index (χ3v) is 9.07. The number of Topliss-reactive ketones (excluding diaryl/α,β-unsaturated/α-hetero) is 2. The van der Waals surface area contributed by atoms with Crippen LogP contribution in [0.15, 0.2) is 0 Å². The molecule has 0 radical (unpaired) electrons. The Morgan fingerprint density at radius 2 is 1.17 bits per heavy atom. The first-order chi connectivity index (χ1) is 16.8. The minimum Gasteiger partial charge on any atom is -0.396 e. The number of carbonyl (C=O) groups is 2. The van der Waals surface area contributed by atoms with E-state index in [9.17, 15) is 14.7 Å². The lowest BCUT2D eigenvalue weighted by Gasteiger charge is -2.30. The lowest BCUT2D eigenvalue weighted by Crippen LogP contribution is -2.30. The van der Waals surface area contributed by atoms with Gasteiger partial charge in [0.15, 0.2) is 0 Å². The number of aliphatic hydroxyl groups is 2. The van der Waals surface area contributed by atoms with Gasteiger partial charge in [-0.25, -0.2) is 0 Å². The molecule has 2 aliphatic rings. The van der Waals surface area contributed by atoms with Crippen molar-refractivity contribution < 1.29 is 19.8 Å².